The van der Waals surface area contributed by atoms with Crippen LogP contribution in [0.5, 0.6) is 0 Å². The van der Waals surface area contributed by atoms with Crippen LogP contribution in [0.4, 0.5) is 0 Å². The molecule has 0 amide bonds. The molecular formula is C17H20N2O. The summed E-state index contributed by atoms with van der Waals surface area (Å²) in [6.07, 6.45) is 1.82. The maximum Gasteiger partial charge on any atom is 0.186 e. The molecule has 2 aromatic rings. The number of nitrogens with one attached hydrogen (secondary N) is 1. The van der Waals surface area contributed by atoms with Crippen molar-refractivity contribution in [2.45, 2.75) is 32.9 Å². The molecule has 3 nitrogen and oxygen atoms in total. The predicted molar refractivity (Wildman–Crippen MR) is 80.7 cm³/mol. The molecule has 1 aliphatic heterocycles. The summed E-state index contributed by atoms with van der Waals surface area (Å²) in [4.78, 5) is 18.0. The first kappa shape index (κ1) is 13.1. The lowest BCUT2D eigenvalue weighted by atomic mass is 10.0. The van der Waals surface area contributed by atoms with Gasteiger partial charge in [0.05, 0.1) is 0 Å². The Hall–Kier alpha value is -1.87. The molecule has 1 aliphatic rings. The molecule has 0 fully saturated rings. The molecule has 0 bridgehead atoms. The first-order valence-corrected chi connectivity index (χ1v) is 7.26. The SMILES string of the molecule is CCc1cc(=O)c2c([nH]1)CCN(Cc1ccccc1)C2. The molecule has 3 rings (SSSR count). The minimum atomic E-state index is 0.188. The average molecular weight is 268 g/mol. The smallest absolute Gasteiger partial charge is 0.186 e. The Labute approximate surface area is 119 Å². The summed E-state index contributed by atoms with van der Waals surface area (Å²) >= 11 is 0. The lowest BCUT2D eigenvalue weighted by Crippen LogP contribution is -2.34. The molecule has 2 heterocycles. The van der Waals surface area contributed by atoms with Crippen molar-refractivity contribution in [2.24, 2.45) is 0 Å². The number of rotatable bonds is 3. The molecule has 0 unspecified atom stereocenters. The van der Waals surface area contributed by atoms with Crippen LogP contribution in [0.2, 0.25) is 0 Å². The second kappa shape index (κ2) is 5.63. The van der Waals surface area contributed by atoms with Crippen molar-refractivity contribution in [1.29, 1.82) is 0 Å². The van der Waals surface area contributed by atoms with E-state index in [2.05, 4.69) is 41.1 Å². The van der Waals surface area contributed by atoms with Crippen LogP contribution in [0.25, 0.3) is 0 Å². The van der Waals surface area contributed by atoms with E-state index in [0.29, 0.717) is 0 Å². The van der Waals surface area contributed by atoms with Crippen molar-refractivity contribution in [3.05, 3.63) is 69.1 Å². The van der Waals surface area contributed by atoms with Crippen LogP contribution in [-0.2, 0) is 25.9 Å². The van der Waals surface area contributed by atoms with Gasteiger partial charge in [0.25, 0.3) is 0 Å². The topological polar surface area (TPSA) is 36.1 Å². The Morgan fingerprint density at radius 3 is 2.80 bits per heavy atom. The third-order valence-corrected chi connectivity index (χ3v) is 3.97. The van der Waals surface area contributed by atoms with Crippen LogP contribution in [0.3, 0.4) is 0 Å². The summed E-state index contributed by atoms with van der Waals surface area (Å²) in [5.74, 6) is 0. The highest BCUT2D eigenvalue weighted by molar-refractivity contribution is 5.26. The standard InChI is InChI=1S/C17H20N2O/c1-2-14-10-17(20)15-12-19(9-8-16(15)18-14)11-13-6-4-3-5-7-13/h3-7,10H,2,8-9,11-12H2,1H3,(H,18,20). The van der Waals surface area contributed by atoms with E-state index in [9.17, 15) is 4.79 Å². The van der Waals surface area contributed by atoms with Crippen LogP contribution in [0, 0.1) is 0 Å². The minimum Gasteiger partial charge on any atom is -0.362 e. The summed E-state index contributed by atoms with van der Waals surface area (Å²) < 4.78 is 0. The van der Waals surface area contributed by atoms with E-state index in [1.165, 1.54) is 5.56 Å². The molecule has 3 heteroatoms. The highest BCUT2D eigenvalue weighted by Gasteiger charge is 2.19. The number of benzene rings is 1. The fourth-order valence-corrected chi connectivity index (χ4v) is 2.83. The summed E-state index contributed by atoms with van der Waals surface area (Å²) in [6, 6.07) is 12.2. The molecule has 104 valence electrons. The molecule has 1 N–H and O–H groups in total. The van der Waals surface area contributed by atoms with E-state index in [1.807, 2.05) is 6.07 Å². The van der Waals surface area contributed by atoms with E-state index in [-0.39, 0.29) is 5.43 Å². The second-order valence-electron chi connectivity index (χ2n) is 5.42. The van der Waals surface area contributed by atoms with Gasteiger partial charge in [-0.25, -0.2) is 0 Å². The number of hydrogen-bond acceptors (Lipinski definition) is 2. The number of nitrogens with zero attached hydrogens (tertiary/aromatic N) is 1. The highest BCUT2D eigenvalue weighted by Crippen LogP contribution is 2.17. The summed E-state index contributed by atoms with van der Waals surface area (Å²) in [5, 5.41) is 0. The Bertz CT molecular complexity index is 646. The first-order valence-electron chi connectivity index (χ1n) is 7.26. The number of aryl methyl sites for hydroxylation is 1. The van der Waals surface area contributed by atoms with Crippen molar-refractivity contribution in [3.8, 4) is 0 Å². The van der Waals surface area contributed by atoms with E-state index < -0.39 is 0 Å². The van der Waals surface area contributed by atoms with Gasteiger partial charge in [0.2, 0.25) is 0 Å². The van der Waals surface area contributed by atoms with Gasteiger partial charge in [-0.3, -0.25) is 9.69 Å². The molecule has 0 saturated carbocycles. The molecular weight excluding hydrogens is 248 g/mol. The van der Waals surface area contributed by atoms with Crippen LogP contribution >= 0.6 is 0 Å². The molecule has 1 aromatic heterocycles. The molecule has 20 heavy (non-hydrogen) atoms. The lowest BCUT2D eigenvalue weighted by Gasteiger charge is -2.28. The number of aromatic nitrogens is 1. The fourth-order valence-electron chi connectivity index (χ4n) is 2.83. The van der Waals surface area contributed by atoms with Gasteiger partial charge in [-0.05, 0) is 12.0 Å². The van der Waals surface area contributed by atoms with Gasteiger partial charge in [0.1, 0.15) is 0 Å². The second-order valence-corrected chi connectivity index (χ2v) is 5.42. The van der Waals surface area contributed by atoms with Crippen LogP contribution in [0.1, 0.15) is 29.4 Å². The molecule has 0 radical (unpaired) electrons. The largest absolute Gasteiger partial charge is 0.362 e. The molecule has 0 aliphatic carbocycles. The van der Waals surface area contributed by atoms with Gasteiger partial charge in [-0.15, -0.1) is 0 Å². The van der Waals surface area contributed by atoms with E-state index >= 15 is 0 Å². The summed E-state index contributed by atoms with van der Waals surface area (Å²) in [5.41, 5.74) is 4.62. The zero-order valence-electron chi connectivity index (χ0n) is 11.9. The monoisotopic (exact) mass is 268 g/mol. The number of pyridine rings is 1. The maximum atomic E-state index is 12.2. The van der Waals surface area contributed by atoms with Gasteiger partial charge >= 0.3 is 0 Å². The Kier molecular flexibility index (Phi) is 3.70. The fraction of sp³-hybridized carbons (Fsp3) is 0.353. The Morgan fingerprint density at radius 2 is 2.05 bits per heavy atom. The van der Waals surface area contributed by atoms with Crippen LogP contribution in [-0.4, -0.2) is 16.4 Å². The van der Waals surface area contributed by atoms with E-state index in [1.54, 1.807) is 6.07 Å². The molecule has 0 spiro atoms. The Morgan fingerprint density at radius 1 is 1.25 bits per heavy atom. The number of fused-ring (bicyclic) bond motifs is 1. The lowest BCUT2D eigenvalue weighted by molar-refractivity contribution is 0.242. The minimum absolute atomic E-state index is 0.188. The molecule has 0 atom stereocenters. The van der Waals surface area contributed by atoms with E-state index in [4.69, 9.17) is 0 Å². The van der Waals surface area contributed by atoms with Crippen molar-refractivity contribution >= 4 is 0 Å². The maximum absolute atomic E-state index is 12.2. The zero-order chi connectivity index (χ0) is 13.9. The van der Waals surface area contributed by atoms with Crippen LogP contribution in [0.15, 0.2) is 41.2 Å². The van der Waals surface area contributed by atoms with Crippen molar-refractivity contribution in [2.75, 3.05) is 6.54 Å². The van der Waals surface area contributed by atoms with Gasteiger partial charge in [-0.2, -0.15) is 0 Å². The zero-order valence-corrected chi connectivity index (χ0v) is 11.9. The van der Waals surface area contributed by atoms with Gasteiger partial charge < -0.3 is 4.98 Å². The van der Waals surface area contributed by atoms with Gasteiger partial charge in [0.15, 0.2) is 5.43 Å². The van der Waals surface area contributed by atoms with Gasteiger partial charge in [-0.1, -0.05) is 37.3 Å². The molecule has 0 saturated heterocycles. The highest BCUT2D eigenvalue weighted by atomic mass is 16.1. The van der Waals surface area contributed by atoms with Gasteiger partial charge in [0, 0.05) is 49.1 Å². The average Bonchev–Trinajstić information content (AvgIpc) is 2.48. The Balaban J connectivity index is 1.80. The third-order valence-electron chi connectivity index (χ3n) is 3.97. The normalized spacial score (nSPS) is 15.1. The van der Waals surface area contributed by atoms with Crippen LogP contribution < -0.4 is 5.43 Å². The number of hydrogen-bond donors (Lipinski definition) is 1. The third kappa shape index (κ3) is 2.68. The van der Waals surface area contributed by atoms with Crippen molar-refractivity contribution in [3.63, 3.8) is 0 Å². The van der Waals surface area contributed by atoms with E-state index in [0.717, 1.165) is 49.4 Å². The van der Waals surface area contributed by atoms with Crippen molar-refractivity contribution < 1.29 is 0 Å². The summed E-state index contributed by atoms with van der Waals surface area (Å²) in [6.45, 7) is 4.74. The summed E-state index contributed by atoms with van der Waals surface area (Å²) in [7, 11) is 0. The number of aromatic amines is 1. The molecule has 1 aromatic carbocycles. The van der Waals surface area contributed by atoms with Crippen molar-refractivity contribution in [1.82, 2.24) is 9.88 Å². The first-order chi connectivity index (χ1) is 9.76. The predicted octanol–water partition coefficient (Wildman–Crippen LogP) is 2.50. The number of H-pyrrole nitrogens is 1. The quantitative estimate of drug-likeness (QED) is 0.928.